The van der Waals surface area contributed by atoms with Gasteiger partial charge in [0.25, 0.3) is 0 Å². The van der Waals surface area contributed by atoms with E-state index in [1.54, 1.807) is 32.7 Å². The van der Waals surface area contributed by atoms with Crippen LogP contribution in [0, 0.1) is 0 Å². The lowest BCUT2D eigenvalue weighted by Crippen LogP contribution is -2.46. The van der Waals surface area contributed by atoms with E-state index in [-0.39, 0.29) is 6.04 Å². The zero-order valence-corrected chi connectivity index (χ0v) is 17.6. The van der Waals surface area contributed by atoms with Gasteiger partial charge in [-0.1, -0.05) is 6.07 Å². The number of fused-ring (bicyclic) bond motifs is 1. The summed E-state index contributed by atoms with van der Waals surface area (Å²) in [6.45, 7) is 2.39. The second-order valence-electron chi connectivity index (χ2n) is 6.35. The number of nitrogens with zero attached hydrogens (tertiary/aromatic N) is 1. The zero-order chi connectivity index (χ0) is 19.2. The number of hydrogen-bond acceptors (Lipinski definition) is 5. The van der Waals surface area contributed by atoms with E-state index in [9.17, 15) is 0 Å². The van der Waals surface area contributed by atoms with Gasteiger partial charge in [-0.25, -0.2) is 0 Å². The van der Waals surface area contributed by atoms with Crippen LogP contribution in [0.4, 0.5) is 0 Å². The first-order chi connectivity index (χ1) is 13.2. The van der Waals surface area contributed by atoms with E-state index in [0.717, 1.165) is 49.1 Å². The average molecular weight is 407 g/mol. The van der Waals surface area contributed by atoms with Crippen LogP contribution in [0.3, 0.4) is 0 Å². The number of nitrogens with one attached hydrogen (secondary N) is 1. The minimum absolute atomic E-state index is 0.0796. The van der Waals surface area contributed by atoms with Crippen molar-refractivity contribution < 1.29 is 14.2 Å². The minimum atomic E-state index is 0.0796. The fraction of sp³-hybridized carbons (Fsp3) is 0.450. The molecule has 1 atom stereocenters. The topological polar surface area (TPSA) is 43.0 Å². The summed E-state index contributed by atoms with van der Waals surface area (Å²) in [5, 5.41) is 6.28. The van der Waals surface area contributed by atoms with Gasteiger partial charge in [-0.15, -0.1) is 11.3 Å². The summed E-state index contributed by atoms with van der Waals surface area (Å²) in [6, 6.07) is 8.53. The van der Waals surface area contributed by atoms with Gasteiger partial charge in [-0.05, 0) is 59.8 Å². The standard InChI is InChI=1S/C20H26N2O3S2/c1-23-10-5-8-21-20(26)22-9-7-14-12-16(24-2)17(25-3)13-15(14)19(22)18-6-4-11-27-18/h4,6,11-13,19H,5,7-10H2,1-3H3,(H,21,26). The van der Waals surface area contributed by atoms with Crippen LogP contribution in [0.25, 0.3) is 0 Å². The Morgan fingerprint density at radius 2 is 2.04 bits per heavy atom. The van der Waals surface area contributed by atoms with Gasteiger partial charge in [0.2, 0.25) is 0 Å². The van der Waals surface area contributed by atoms with Gasteiger partial charge in [0.05, 0.1) is 20.3 Å². The third kappa shape index (κ3) is 4.36. The fourth-order valence-electron chi connectivity index (χ4n) is 3.43. The highest BCUT2D eigenvalue weighted by Crippen LogP contribution is 2.42. The van der Waals surface area contributed by atoms with Crippen LogP contribution in [-0.2, 0) is 11.2 Å². The van der Waals surface area contributed by atoms with E-state index in [2.05, 4.69) is 39.9 Å². The Morgan fingerprint density at radius 3 is 2.70 bits per heavy atom. The Morgan fingerprint density at radius 1 is 1.26 bits per heavy atom. The molecule has 2 heterocycles. The number of methoxy groups -OCH3 is 3. The second-order valence-corrected chi connectivity index (χ2v) is 7.71. The van der Waals surface area contributed by atoms with Gasteiger partial charge in [-0.2, -0.15) is 0 Å². The molecular weight excluding hydrogens is 380 g/mol. The van der Waals surface area contributed by atoms with Gasteiger partial charge >= 0.3 is 0 Å². The smallest absolute Gasteiger partial charge is 0.169 e. The number of ether oxygens (including phenoxy) is 3. The second kappa shape index (κ2) is 9.39. The van der Waals surface area contributed by atoms with Gasteiger partial charge in [0.1, 0.15) is 0 Å². The van der Waals surface area contributed by atoms with Crippen molar-refractivity contribution in [3.8, 4) is 11.5 Å². The summed E-state index contributed by atoms with van der Waals surface area (Å²) in [6.07, 6.45) is 1.84. The van der Waals surface area contributed by atoms with Crippen LogP contribution < -0.4 is 14.8 Å². The average Bonchev–Trinajstić information content (AvgIpc) is 3.23. The van der Waals surface area contributed by atoms with Crippen molar-refractivity contribution in [3.63, 3.8) is 0 Å². The van der Waals surface area contributed by atoms with E-state index < -0.39 is 0 Å². The molecule has 27 heavy (non-hydrogen) atoms. The summed E-state index contributed by atoms with van der Waals surface area (Å²) in [7, 11) is 5.07. The molecule has 1 N–H and O–H groups in total. The molecule has 1 aliphatic heterocycles. The first kappa shape index (κ1) is 19.9. The lowest BCUT2D eigenvalue weighted by atomic mass is 9.91. The predicted octanol–water partition coefficient (Wildman–Crippen LogP) is 3.62. The van der Waals surface area contributed by atoms with Crippen molar-refractivity contribution in [3.05, 3.63) is 45.6 Å². The quantitative estimate of drug-likeness (QED) is 0.560. The summed E-state index contributed by atoms with van der Waals surface area (Å²) in [5.41, 5.74) is 2.51. The molecule has 1 aromatic carbocycles. The molecule has 0 saturated heterocycles. The Labute approximate surface area is 170 Å². The highest BCUT2D eigenvalue weighted by molar-refractivity contribution is 7.80. The van der Waals surface area contributed by atoms with E-state index in [0.29, 0.717) is 0 Å². The summed E-state index contributed by atoms with van der Waals surface area (Å²) >= 11 is 7.48. The number of benzene rings is 1. The molecule has 2 aromatic rings. The van der Waals surface area contributed by atoms with Gasteiger partial charge in [0, 0.05) is 31.7 Å². The van der Waals surface area contributed by atoms with Crippen LogP contribution in [0.15, 0.2) is 29.6 Å². The van der Waals surface area contributed by atoms with Crippen molar-refractivity contribution in [2.45, 2.75) is 18.9 Å². The zero-order valence-electron chi connectivity index (χ0n) is 16.0. The lowest BCUT2D eigenvalue weighted by molar-refractivity contribution is 0.195. The third-order valence-electron chi connectivity index (χ3n) is 4.75. The van der Waals surface area contributed by atoms with Crippen LogP contribution in [0.2, 0.25) is 0 Å². The lowest BCUT2D eigenvalue weighted by Gasteiger charge is -2.39. The van der Waals surface area contributed by atoms with Crippen LogP contribution >= 0.6 is 23.6 Å². The minimum Gasteiger partial charge on any atom is -0.493 e. The molecule has 0 fully saturated rings. The monoisotopic (exact) mass is 406 g/mol. The van der Waals surface area contributed by atoms with Crippen LogP contribution in [0.1, 0.15) is 28.5 Å². The number of thiocarbonyl (C=S) groups is 1. The molecule has 5 nitrogen and oxygen atoms in total. The van der Waals surface area contributed by atoms with Gasteiger partial charge in [0.15, 0.2) is 16.6 Å². The van der Waals surface area contributed by atoms with E-state index in [1.807, 2.05) is 0 Å². The normalized spacial score (nSPS) is 16.0. The molecule has 3 rings (SSSR count). The Balaban J connectivity index is 1.92. The molecule has 0 radical (unpaired) electrons. The van der Waals surface area contributed by atoms with E-state index >= 15 is 0 Å². The van der Waals surface area contributed by atoms with Gasteiger partial charge in [-0.3, -0.25) is 0 Å². The molecule has 1 unspecified atom stereocenters. The molecule has 1 aromatic heterocycles. The molecular formula is C20H26N2O3S2. The number of rotatable bonds is 7. The van der Waals surface area contributed by atoms with E-state index in [1.165, 1.54) is 16.0 Å². The van der Waals surface area contributed by atoms with Crippen molar-refractivity contribution in [2.75, 3.05) is 41.0 Å². The maximum absolute atomic E-state index is 5.74. The van der Waals surface area contributed by atoms with Gasteiger partial charge < -0.3 is 24.4 Å². The summed E-state index contributed by atoms with van der Waals surface area (Å²) < 4.78 is 16.2. The largest absolute Gasteiger partial charge is 0.493 e. The van der Waals surface area contributed by atoms with Crippen molar-refractivity contribution in [2.24, 2.45) is 0 Å². The molecule has 146 valence electrons. The molecule has 0 saturated carbocycles. The van der Waals surface area contributed by atoms with Crippen LogP contribution in [0.5, 0.6) is 11.5 Å². The molecule has 0 amide bonds. The highest BCUT2D eigenvalue weighted by atomic mass is 32.1. The number of hydrogen-bond donors (Lipinski definition) is 1. The first-order valence-electron chi connectivity index (χ1n) is 9.01. The predicted molar refractivity (Wildman–Crippen MR) is 113 cm³/mol. The maximum atomic E-state index is 5.74. The first-order valence-corrected chi connectivity index (χ1v) is 10.3. The molecule has 0 spiro atoms. The number of thiophene rings is 1. The maximum Gasteiger partial charge on any atom is 0.169 e. The molecule has 1 aliphatic rings. The summed E-state index contributed by atoms with van der Waals surface area (Å²) in [4.78, 5) is 3.55. The molecule has 7 heteroatoms. The fourth-order valence-corrected chi connectivity index (χ4v) is 4.58. The Hall–Kier alpha value is -1.83. The highest BCUT2D eigenvalue weighted by Gasteiger charge is 2.32. The Kier molecular flexibility index (Phi) is 6.93. The molecule has 0 aliphatic carbocycles. The Bertz CT molecular complexity index is 765. The molecule has 0 bridgehead atoms. The van der Waals surface area contributed by atoms with Crippen molar-refractivity contribution in [1.82, 2.24) is 10.2 Å². The summed E-state index contributed by atoms with van der Waals surface area (Å²) in [5.74, 6) is 1.52. The van der Waals surface area contributed by atoms with Crippen molar-refractivity contribution in [1.29, 1.82) is 0 Å². The third-order valence-corrected chi connectivity index (χ3v) is 6.05. The van der Waals surface area contributed by atoms with E-state index in [4.69, 9.17) is 26.4 Å². The SMILES string of the molecule is COCCCNC(=S)N1CCc2cc(OC)c(OC)cc2C1c1cccs1. The van der Waals surface area contributed by atoms with Crippen molar-refractivity contribution >= 4 is 28.7 Å². The van der Waals surface area contributed by atoms with Crippen LogP contribution in [-0.4, -0.2) is 51.0 Å².